The third kappa shape index (κ3) is 57.0. The summed E-state index contributed by atoms with van der Waals surface area (Å²) in [7, 11) is 0. The first-order valence-electron chi connectivity index (χ1n) is 29.9. The van der Waals surface area contributed by atoms with Crippen molar-refractivity contribution in [2.24, 2.45) is 0 Å². The van der Waals surface area contributed by atoms with Crippen LogP contribution in [-0.4, -0.2) is 37.2 Å². The molecule has 0 aromatic heterocycles. The molecule has 410 valence electrons. The van der Waals surface area contributed by atoms with Crippen molar-refractivity contribution >= 4 is 17.9 Å². The molecular formula is C66H110O6. The van der Waals surface area contributed by atoms with Crippen LogP contribution >= 0.6 is 0 Å². The maximum absolute atomic E-state index is 12.8. The Morgan fingerprint density at radius 2 is 0.556 bits per heavy atom. The monoisotopic (exact) mass is 999 g/mol. The summed E-state index contributed by atoms with van der Waals surface area (Å²) in [5, 5.41) is 0. The Bertz CT molecular complexity index is 1470. The fourth-order valence-corrected chi connectivity index (χ4v) is 8.12. The van der Waals surface area contributed by atoms with Crippen LogP contribution in [0.3, 0.4) is 0 Å². The highest BCUT2D eigenvalue weighted by Gasteiger charge is 2.19. The molecule has 1 unspecified atom stereocenters. The number of unbranched alkanes of at least 4 members (excludes halogenated alkanes) is 24. The summed E-state index contributed by atoms with van der Waals surface area (Å²) in [5.41, 5.74) is 0. The number of allylic oxidation sites excluding steroid dienone is 18. The molecule has 0 fully saturated rings. The van der Waals surface area contributed by atoms with E-state index in [1.807, 2.05) is 0 Å². The van der Waals surface area contributed by atoms with Crippen LogP contribution in [0.25, 0.3) is 0 Å². The summed E-state index contributed by atoms with van der Waals surface area (Å²) in [6.07, 6.45) is 81.4. The highest BCUT2D eigenvalue weighted by molar-refractivity contribution is 5.71. The van der Waals surface area contributed by atoms with E-state index in [9.17, 15) is 14.4 Å². The second-order valence-corrected chi connectivity index (χ2v) is 19.5. The normalized spacial score (nSPS) is 12.9. The van der Waals surface area contributed by atoms with Crippen LogP contribution in [0.5, 0.6) is 0 Å². The first-order valence-corrected chi connectivity index (χ1v) is 29.9. The predicted molar refractivity (Wildman–Crippen MR) is 311 cm³/mol. The van der Waals surface area contributed by atoms with Gasteiger partial charge in [-0.15, -0.1) is 0 Å². The Balaban J connectivity index is 4.08. The Hall–Kier alpha value is -3.93. The van der Waals surface area contributed by atoms with Gasteiger partial charge in [0.1, 0.15) is 13.2 Å². The largest absolute Gasteiger partial charge is 0.462 e. The van der Waals surface area contributed by atoms with Gasteiger partial charge < -0.3 is 14.2 Å². The molecule has 6 heteroatoms. The highest BCUT2D eigenvalue weighted by Crippen LogP contribution is 2.16. The maximum Gasteiger partial charge on any atom is 0.306 e. The molecule has 0 aliphatic heterocycles. The molecule has 6 nitrogen and oxygen atoms in total. The lowest BCUT2D eigenvalue weighted by Gasteiger charge is -2.18. The number of ether oxygens (including phenoxy) is 3. The van der Waals surface area contributed by atoms with Gasteiger partial charge in [-0.2, -0.15) is 0 Å². The van der Waals surface area contributed by atoms with Crippen LogP contribution in [0.2, 0.25) is 0 Å². The van der Waals surface area contributed by atoms with Gasteiger partial charge in [-0.3, -0.25) is 14.4 Å². The Labute approximate surface area is 444 Å². The summed E-state index contributed by atoms with van der Waals surface area (Å²) in [5.74, 6) is -0.965. The van der Waals surface area contributed by atoms with E-state index in [0.717, 1.165) is 103 Å². The van der Waals surface area contributed by atoms with Crippen LogP contribution < -0.4 is 0 Å². The third-order valence-corrected chi connectivity index (χ3v) is 12.5. The minimum Gasteiger partial charge on any atom is -0.462 e. The van der Waals surface area contributed by atoms with Crippen LogP contribution in [-0.2, 0) is 28.6 Å². The van der Waals surface area contributed by atoms with Gasteiger partial charge in [0.25, 0.3) is 0 Å². The first kappa shape index (κ1) is 68.1. The van der Waals surface area contributed by atoms with Crippen molar-refractivity contribution in [3.63, 3.8) is 0 Å². The van der Waals surface area contributed by atoms with Crippen molar-refractivity contribution in [3.05, 3.63) is 109 Å². The fraction of sp³-hybridized carbons (Fsp3) is 0.682. The van der Waals surface area contributed by atoms with Gasteiger partial charge in [0.05, 0.1) is 0 Å². The van der Waals surface area contributed by atoms with Gasteiger partial charge in [-0.1, -0.05) is 265 Å². The number of carbonyl (C=O) groups excluding carboxylic acids is 3. The molecule has 0 aliphatic rings. The lowest BCUT2D eigenvalue weighted by molar-refractivity contribution is -0.167. The standard InChI is InChI=1S/C66H110O6/c1-4-7-10-13-16-18-20-22-24-26-27-28-29-30-31-32-33-34-35-36-37-38-39-41-42-44-46-48-50-53-56-59-65(68)71-62-63(61-70-64(67)58-55-52-15-12-9-6-3)72-66(69)60-57-54-51-49-47-45-43-40-25-23-21-19-17-14-11-8-5-2/h7-8,10-11,16-19,22-25,27-28,43,45,49,51,63H,4-6,9,12-15,20-21,26,29-42,44,46-48,50,52-62H2,1-3H3/b10-7-,11-8-,18-16-,19-17-,24-22-,25-23-,28-27-,45-43-,51-49-. The van der Waals surface area contributed by atoms with E-state index in [2.05, 4.69) is 130 Å². The van der Waals surface area contributed by atoms with Crippen LogP contribution in [0.1, 0.15) is 271 Å². The summed E-state index contributed by atoms with van der Waals surface area (Å²) in [6, 6.07) is 0. The topological polar surface area (TPSA) is 78.9 Å². The molecule has 0 radical (unpaired) electrons. The minimum atomic E-state index is -0.804. The zero-order valence-electron chi connectivity index (χ0n) is 46.9. The van der Waals surface area contributed by atoms with E-state index in [1.54, 1.807) is 0 Å². The van der Waals surface area contributed by atoms with E-state index in [1.165, 1.54) is 122 Å². The zero-order valence-corrected chi connectivity index (χ0v) is 46.9. The number of esters is 3. The van der Waals surface area contributed by atoms with Crippen LogP contribution in [0, 0.1) is 0 Å². The molecule has 0 N–H and O–H groups in total. The molecule has 0 aromatic rings. The van der Waals surface area contributed by atoms with Crippen molar-refractivity contribution in [1.82, 2.24) is 0 Å². The van der Waals surface area contributed by atoms with E-state index >= 15 is 0 Å². The Morgan fingerprint density at radius 3 is 0.889 bits per heavy atom. The molecular weight excluding hydrogens is 889 g/mol. The van der Waals surface area contributed by atoms with E-state index < -0.39 is 6.10 Å². The van der Waals surface area contributed by atoms with Crippen LogP contribution in [0.15, 0.2) is 109 Å². The lowest BCUT2D eigenvalue weighted by Crippen LogP contribution is -2.30. The van der Waals surface area contributed by atoms with Gasteiger partial charge in [0, 0.05) is 19.3 Å². The highest BCUT2D eigenvalue weighted by atomic mass is 16.6. The Morgan fingerprint density at radius 1 is 0.292 bits per heavy atom. The van der Waals surface area contributed by atoms with Gasteiger partial charge in [-0.05, 0) is 96.3 Å². The molecule has 0 spiro atoms. The third-order valence-electron chi connectivity index (χ3n) is 12.5. The molecule has 1 atom stereocenters. The van der Waals surface area contributed by atoms with E-state index in [-0.39, 0.29) is 37.5 Å². The second-order valence-electron chi connectivity index (χ2n) is 19.5. The average Bonchev–Trinajstić information content (AvgIpc) is 3.38. The number of carbonyl (C=O) groups is 3. The summed E-state index contributed by atoms with van der Waals surface area (Å²) < 4.78 is 16.7. The molecule has 0 rings (SSSR count). The van der Waals surface area contributed by atoms with Crippen LogP contribution in [0.4, 0.5) is 0 Å². The Kier molecular flexibility index (Phi) is 56.4. The van der Waals surface area contributed by atoms with Crippen molar-refractivity contribution in [2.45, 2.75) is 277 Å². The SMILES string of the molecule is CC/C=C\C/C=C\C/C=C\C/C=C\C/C=C\CCCC(=O)OC(COC(=O)CCCCCCCC)COC(=O)CCCCCCCCCCCCCCCCCCCC/C=C\C/C=C\C/C=C\C/C=C\CC. The molecule has 0 saturated heterocycles. The molecule has 0 amide bonds. The van der Waals surface area contributed by atoms with Crippen molar-refractivity contribution in [2.75, 3.05) is 13.2 Å². The number of hydrogen-bond acceptors (Lipinski definition) is 6. The average molecular weight is 1000 g/mol. The van der Waals surface area contributed by atoms with E-state index in [4.69, 9.17) is 14.2 Å². The molecule has 72 heavy (non-hydrogen) atoms. The number of rotatable bonds is 53. The van der Waals surface area contributed by atoms with Gasteiger partial charge in [-0.25, -0.2) is 0 Å². The first-order chi connectivity index (χ1) is 35.5. The smallest absolute Gasteiger partial charge is 0.306 e. The summed E-state index contributed by atoms with van der Waals surface area (Å²) in [4.78, 5) is 37.9. The molecule has 0 heterocycles. The zero-order chi connectivity index (χ0) is 52.2. The second kappa shape index (κ2) is 59.6. The molecule has 0 bridgehead atoms. The molecule has 0 saturated carbocycles. The number of hydrogen-bond donors (Lipinski definition) is 0. The van der Waals surface area contributed by atoms with Crippen molar-refractivity contribution in [1.29, 1.82) is 0 Å². The maximum atomic E-state index is 12.8. The lowest BCUT2D eigenvalue weighted by atomic mass is 10.0. The van der Waals surface area contributed by atoms with Gasteiger partial charge in [0.2, 0.25) is 0 Å². The van der Waals surface area contributed by atoms with E-state index in [0.29, 0.717) is 19.3 Å². The van der Waals surface area contributed by atoms with Gasteiger partial charge in [0.15, 0.2) is 6.10 Å². The summed E-state index contributed by atoms with van der Waals surface area (Å²) in [6.45, 7) is 6.31. The fourth-order valence-electron chi connectivity index (χ4n) is 8.12. The minimum absolute atomic E-state index is 0.0990. The molecule has 0 aromatic carbocycles. The molecule has 0 aliphatic carbocycles. The van der Waals surface area contributed by atoms with Crippen molar-refractivity contribution in [3.8, 4) is 0 Å². The van der Waals surface area contributed by atoms with Gasteiger partial charge >= 0.3 is 17.9 Å². The quantitative estimate of drug-likeness (QED) is 0.0261. The summed E-state index contributed by atoms with van der Waals surface area (Å²) >= 11 is 0. The van der Waals surface area contributed by atoms with Crippen molar-refractivity contribution < 1.29 is 28.6 Å². The predicted octanol–water partition coefficient (Wildman–Crippen LogP) is 20.3.